The van der Waals surface area contributed by atoms with Gasteiger partial charge in [-0.3, -0.25) is 0 Å². The fourth-order valence-corrected chi connectivity index (χ4v) is 3.27. The molecule has 0 spiro atoms. The number of nitrogens with zero attached hydrogens (tertiary/aromatic N) is 1. The van der Waals surface area contributed by atoms with Crippen LogP contribution in [0, 0.1) is 11.6 Å². The van der Waals surface area contributed by atoms with Gasteiger partial charge in [-0.15, -0.1) is 0 Å². The predicted octanol–water partition coefficient (Wildman–Crippen LogP) is 6.91. The van der Waals surface area contributed by atoms with Crippen molar-refractivity contribution in [3.8, 4) is 22.3 Å². The molecule has 11 heteroatoms. The first-order chi connectivity index (χ1) is 15.4. The molecule has 0 aliphatic rings. The van der Waals surface area contributed by atoms with Gasteiger partial charge in [-0.05, 0) is 19.1 Å². The van der Waals surface area contributed by atoms with Gasteiger partial charge < -0.3 is 4.74 Å². The van der Waals surface area contributed by atoms with Gasteiger partial charge >= 0.3 is 18.3 Å². The van der Waals surface area contributed by atoms with E-state index < -0.39 is 75.8 Å². The number of alkyl halides is 6. The van der Waals surface area contributed by atoms with E-state index in [0.717, 1.165) is 48.5 Å². The second-order valence-electron chi connectivity index (χ2n) is 6.61. The van der Waals surface area contributed by atoms with Gasteiger partial charge in [0.15, 0.2) is 11.4 Å². The third-order valence-corrected chi connectivity index (χ3v) is 4.50. The lowest BCUT2D eigenvalue weighted by molar-refractivity contribution is -0.144. The summed E-state index contributed by atoms with van der Waals surface area (Å²) in [4.78, 5) is 15.2. The number of ether oxygens (including phenoxy) is 1. The van der Waals surface area contributed by atoms with E-state index in [1.807, 2.05) is 0 Å². The Labute approximate surface area is 181 Å². The number of aromatic nitrogens is 1. The van der Waals surface area contributed by atoms with E-state index >= 15 is 0 Å². The highest BCUT2D eigenvalue weighted by Gasteiger charge is 2.47. The Morgan fingerprint density at radius 1 is 0.818 bits per heavy atom. The summed E-state index contributed by atoms with van der Waals surface area (Å²) in [5.74, 6) is -4.43. The highest BCUT2D eigenvalue weighted by molar-refractivity contribution is 5.97. The summed E-state index contributed by atoms with van der Waals surface area (Å²) in [5, 5.41) is 0. The third kappa shape index (κ3) is 4.67. The normalized spacial score (nSPS) is 12.0. The first-order valence-corrected chi connectivity index (χ1v) is 9.27. The number of carbonyl (C=O) groups is 1. The molecule has 0 aliphatic heterocycles. The van der Waals surface area contributed by atoms with E-state index in [1.54, 1.807) is 0 Å². The van der Waals surface area contributed by atoms with Crippen molar-refractivity contribution in [1.29, 1.82) is 0 Å². The Balaban J connectivity index is 2.68. The van der Waals surface area contributed by atoms with E-state index in [4.69, 9.17) is 0 Å². The van der Waals surface area contributed by atoms with Crippen molar-refractivity contribution in [2.75, 3.05) is 6.61 Å². The van der Waals surface area contributed by atoms with Crippen LogP contribution in [0.25, 0.3) is 22.3 Å². The van der Waals surface area contributed by atoms with Crippen molar-refractivity contribution in [1.82, 2.24) is 4.98 Å². The number of hydrogen-bond acceptors (Lipinski definition) is 3. The zero-order chi connectivity index (χ0) is 24.6. The fourth-order valence-electron chi connectivity index (χ4n) is 3.27. The van der Waals surface area contributed by atoms with Crippen molar-refractivity contribution < 1.29 is 44.7 Å². The Kier molecular flexibility index (Phi) is 6.44. The van der Waals surface area contributed by atoms with Crippen LogP contribution in [0.5, 0.6) is 0 Å². The van der Waals surface area contributed by atoms with Crippen molar-refractivity contribution in [2.45, 2.75) is 19.3 Å². The molecule has 0 aliphatic carbocycles. The lowest BCUT2D eigenvalue weighted by Gasteiger charge is -2.24. The van der Waals surface area contributed by atoms with Crippen LogP contribution >= 0.6 is 0 Å². The van der Waals surface area contributed by atoms with Crippen LogP contribution in [0.15, 0.2) is 48.5 Å². The SMILES string of the molecule is CCOC(=O)c1nc(C(F)(F)F)c(-c2ccccc2F)c(-c2ccccc2F)c1C(F)(F)F. The number of esters is 1. The van der Waals surface area contributed by atoms with E-state index in [2.05, 4.69) is 9.72 Å². The second kappa shape index (κ2) is 8.80. The molecular weight excluding hydrogens is 462 g/mol. The van der Waals surface area contributed by atoms with Crippen LogP contribution < -0.4 is 0 Å². The molecule has 0 saturated carbocycles. The van der Waals surface area contributed by atoms with Gasteiger partial charge in [0.05, 0.1) is 12.2 Å². The Bertz CT molecular complexity index is 1200. The zero-order valence-corrected chi connectivity index (χ0v) is 16.6. The largest absolute Gasteiger partial charge is 0.461 e. The third-order valence-electron chi connectivity index (χ3n) is 4.50. The molecule has 3 nitrogen and oxygen atoms in total. The Morgan fingerprint density at radius 2 is 1.30 bits per heavy atom. The van der Waals surface area contributed by atoms with Gasteiger partial charge in [0, 0.05) is 22.3 Å². The molecule has 0 bridgehead atoms. The minimum Gasteiger partial charge on any atom is -0.461 e. The van der Waals surface area contributed by atoms with Gasteiger partial charge in [-0.25, -0.2) is 18.6 Å². The first kappa shape index (κ1) is 24.1. The standard InChI is InChI=1S/C22H13F8NO2/c1-2-33-20(32)18-17(21(25,26)27)15(11-7-3-5-9-13(11)23)16(19(31-18)22(28,29)30)12-8-4-6-10-14(12)24/h3-10H,2H2,1H3. The molecule has 174 valence electrons. The topological polar surface area (TPSA) is 39.2 Å². The van der Waals surface area contributed by atoms with Crippen LogP contribution in [0.4, 0.5) is 35.1 Å². The van der Waals surface area contributed by atoms with Gasteiger partial charge in [0.25, 0.3) is 0 Å². The summed E-state index contributed by atoms with van der Waals surface area (Å²) >= 11 is 0. The summed E-state index contributed by atoms with van der Waals surface area (Å²) < 4.78 is 118. The highest BCUT2D eigenvalue weighted by atomic mass is 19.4. The molecule has 0 fully saturated rings. The van der Waals surface area contributed by atoms with E-state index in [9.17, 15) is 39.9 Å². The van der Waals surface area contributed by atoms with Crippen molar-refractivity contribution in [2.24, 2.45) is 0 Å². The average Bonchev–Trinajstić information content (AvgIpc) is 2.72. The number of benzene rings is 2. The van der Waals surface area contributed by atoms with Crippen LogP contribution in [0.3, 0.4) is 0 Å². The number of carbonyl (C=O) groups excluding carboxylic acids is 1. The van der Waals surface area contributed by atoms with E-state index in [-0.39, 0.29) is 0 Å². The summed E-state index contributed by atoms with van der Waals surface area (Å²) in [6, 6.07) is 7.44. The maximum absolute atomic E-state index is 14.7. The van der Waals surface area contributed by atoms with Crippen LogP contribution in [0.1, 0.15) is 28.7 Å². The summed E-state index contributed by atoms with van der Waals surface area (Å²) in [5.41, 5.74) is -10.3. The number of rotatable bonds is 4. The molecular formula is C22H13F8NO2. The molecule has 2 aromatic carbocycles. The number of halogens is 8. The number of pyridine rings is 1. The van der Waals surface area contributed by atoms with Gasteiger partial charge in [0.2, 0.25) is 0 Å². The minimum absolute atomic E-state index is 0.469. The molecule has 3 rings (SSSR count). The van der Waals surface area contributed by atoms with Gasteiger partial charge in [-0.2, -0.15) is 26.3 Å². The molecule has 0 unspecified atom stereocenters. The van der Waals surface area contributed by atoms with Crippen LogP contribution in [-0.2, 0) is 17.1 Å². The molecule has 0 saturated heterocycles. The highest BCUT2D eigenvalue weighted by Crippen LogP contribution is 2.49. The van der Waals surface area contributed by atoms with Gasteiger partial charge in [-0.1, -0.05) is 36.4 Å². The monoisotopic (exact) mass is 475 g/mol. The minimum atomic E-state index is -5.49. The lowest BCUT2D eigenvalue weighted by Crippen LogP contribution is -2.24. The summed E-state index contributed by atoms with van der Waals surface area (Å²) in [7, 11) is 0. The maximum Gasteiger partial charge on any atom is 0.434 e. The second-order valence-corrected chi connectivity index (χ2v) is 6.61. The quantitative estimate of drug-likeness (QED) is 0.304. The zero-order valence-electron chi connectivity index (χ0n) is 16.6. The van der Waals surface area contributed by atoms with Crippen molar-refractivity contribution in [3.05, 3.63) is 77.1 Å². The molecule has 1 aromatic heterocycles. The average molecular weight is 475 g/mol. The first-order valence-electron chi connectivity index (χ1n) is 9.27. The van der Waals surface area contributed by atoms with E-state index in [1.165, 1.54) is 6.92 Å². The molecule has 0 amide bonds. The molecule has 33 heavy (non-hydrogen) atoms. The fraction of sp³-hybridized carbons (Fsp3) is 0.182. The Morgan fingerprint density at radius 3 is 1.73 bits per heavy atom. The van der Waals surface area contributed by atoms with Gasteiger partial charge in [0.1, 0.15) is 11.6 Å². The molecule has 3 aromatic rings. The smallest absolute Gasteiger partial charge is 0.434 e. The van der Waals surface area contributed by atoms with Crippen molar-refractivity contribution >= 4 is 5.97 Å². The molecule has 1 heterocycles. The van der Waals surface area contributed by atoms with Crippen molar-refractivity contribution in [3.63, 3.8) is 0 Å². The lowest BCUT2D eigenvalue weighted by atomic mass is 9.87. The van der Waals surface area contributed by atoms with Crippen LogP contribution in [-0.4, -0.2) is 17.6 Å². The predicted molar refractivity (Wildman–Crippen MR) is 101 cm³/mol. The summed E-state index contributed by atoms with van der Waals surface area (Å²) in [6.07, 6.45) is -10.9. The van der Waals surface area contributed by atoms with E-state index in [0.29, 0.717) is 0 Å². The van der Waals surface area contributed by atoms with Crippen LogP contribution in [0.2, 0.25) is 0 Å². The molecule has 0 radical (unpaired) electrons. The molecule has 0 atom stereocenters. The number of hydrogen-bond donors (Lipinski definition) is 0. The Hall–Kier alpha value is -3.50. The maximum atomic E-state index is 14.7. The molecule has 0 N–H and O–H groups in total. The summed E-state index contributed by atoms with van der Waals surface area (Å²) in [6.45, 7) is 0.755.